The lowest BCUT2D eigenvalue weighted by Gasteiger charge is -2.11. The maximum absolute atomic E-state index is 10.7. The highest BCUT2D eigenvalue weighted by molar-refractivity contribution is 6.19. The Balaban J connectivity index is 1.11. The zero-order chi connectivity index (χ0) is 38.6. The number of aromatic nitrogens is 5. The summed E-state index contributed by atoms with van der Waals surface area (Å²) < 4.78 is 4.71. The fourth-order valence-electron chi connectivity index (χ4n) is 8.32. The van der Waals surface area contributed by atoms with E-state index in [0.717, 1.165) is 72.0 Å². The molecule has 11 aromatic rings. The third-order valence-corrected chi connectivity index (χ3v) is 11.0. The monoisotopic (exact) mass is 740 g/mol. The van der Waals surface area contributed by atoms with Crippen LogP contribution in [0.25, 0.3) is 100 Å². The summed E-state index contributed by atoms with van der Waals surface area (Å²) in [6.07, 6.45) is 0. The average molecular weight is 741 g/mol. The predicted molar refractivity (Wildman–Crippen MR) is 235 cm³/mol. The van der Waals surface area contributed by atoms with E-state index in [1.807, 2.05) is 78.9 Å². The van der Waals surface area contributed by atoms with Crippen LogP contribution in [0.15, 0.2) is 194 Å². The predicted octanol–water partition coefficient (Wildman–Crippen LogP) is 12.6. The summed E-state index contributed by atoms with van der Waals surface area (Å²) in [4.78, 5) is 14.7. The minimum atomic E-state index is 0.509. The zero-order valence-corrected chi connectivity index (χ0v) is 31.2. The summed E-state index contributed by atoms with van der Waals surface area (Å²) in [6.45, 7) is 0. The average Bonchev–Trinajstić information content (AvgIpc) is 3.80. The van der Waals surface area contributed by atoms with Gasteiger partial charge in [-0.1, -0.05) is 133 Å². The second-order valence-electron chi connectivity index (χ2n) is 14.4. The van der Waals surface area contributed by atoms with E-state index in [0.29, 0.717) is 23.0 Å². The summed E-state index contributed by atoms with van der Waals surface area (Å²) >= 11 is 0. The van der Waals surface area contributed by atoms with Gasteiger partial charge in [0.2, 0.25) is 0 Å². The largest absolute Gasteiger partial charge is 0.309 e. The summed E-state index contributed by atoms with van der Waals surface area (Å²) in [5.41, 5.74) is 11.6. The number of hydrogen-bond acceptors (Lipinski definition) is 4. The lowest BCUT2D eigenvalue weighted by atomic mass is 9.96. The van der Waals surface area contributed by atoms with E-state index in [1.165, 1.54) is 10.8 Å². The first-order valence-corrected chi connectivity index (χ1v) is 19.3. The van der Waals surface area contributed by atoms with Gasteiger partial charge in [-0.2, -0.15) is 5.26 Å². The molecule has 3 aromatic heterocycles. The van der Waals surface area contributed by atoms with Gasteiger partial charge in [0.05, 0.1) is 33.7 Å². The van der Waals surface area contributed by atoms with E-state index in [2.05, 4.69) is 130 Å². The number of rotatable bonds is 6. The van der Waals surface area contributed by atoms with Crippen LogP contribution < -0.4 is 0 Å². The Labute approximate surface area is 334 Å². The van der Waals surface area contributed by atoms with Crippen LogP contribution in [0.3, 0.4) is 0 Å². The molecule has 6 heteroatoms. The molecule has 6 nitrogen and oxygen atoms in total. The maximum atomic E-state index is 10.7. The Morgan fingerprint density at radius 3 is 1.36 bits per heavy atom. The molecule has 0 aliphatic carbocycles. The molecule has 0 amide bonds. The van der Waals surface area contributed by atoms with Crippen molar-refractivity contribution in [1.29, 1.82) is 5.26 Å². The molecule has 8 aromatic carbocycles. The highest BCUT2D eigenvalue weighted by Crippen LogP contribution is 2.41. The van der Waals surface area contributed by atoms with Crippen LogP contribution >= 0.6 is 0 Å². The quantitative estimate of drug-likeness (QED) is 0.170. The lowest BCUT2D eigenvalue weighted by molar-refractivity contribution is 1.07. The SMILES string of the molecule is N#Cc1cc(-c2nc(-c3ccccc3)nc(-c3ccccc3)n2)ccc1-c1ccc2c(c1)c1cc3c(cc1n2-c1ccccc1)c1ccccc1n3-c1ccccc1. The van der Waals surface area contributed by atoms with Crippen LogP contribution in [0.4, 0.5) is 0 Å². The van der Waals surface area contributed by atoms with Crippen LogP contribution in [0.1, 0.15) is 5.56 Å². The van der Waals surface area contributed by atoms with Crippen LogP contribution in [0.2, 0.25) is 0 Å². The first kappa shape index (κ1) is 33.2. The highest BCUT2D eigenvalue weighted by Gasteiger charge is 2.20. The normalized spacial score (nSPS) is 11.4. The smallest absolute Gasteiger partial charge is 0.164 e. The summed E-state index contributed by atoms with van der Waals surface area (Å²) in [5, 5.41) is 15.3. The van der Waals surface area contributed by atoms with Crippen LogP contribution in [0, 0.1) is 11.3 Å². The third kappa shape index (κ3) is 5.45. The minimum absolute atomic E-state index is 0.509. The van der Waals surface area contributed by atoms with Crippen molar-refractivity contribution in [3.63, 3.8) is 0 Å². The third-order valence-electron chi connectivity index (χ3n) is 11.0. The molecule has 0 saturated carbocycles. The first-order valence-electron chi connectivity index (χ1n) is 19.3. The Morgan fingerprint density at radius 1 is 0.345 bits per heavy atom. The number of nitrogens with zero attached hydrogens (tertiary/aromatic N) is 6. The standard InChI is InChI=1S/C52H32N6/c53-33-38-29-37(52-55-50(34-15-5-1-6-16-34)54-51(56-52)35-17-7-2-8-18-35)25-27-41(38)36-26-28-47-43(30-36)45-32-48-44(31-49(45)58(47)40-21-11-4-12-22-40)42-23-13-14-24-46(42)57(48)39-19-9-3-10-20-39/h1-32H. The van der Waals surface area contributed by atoms with Crippen LogP contribution in [-0.4, -0.2) is 24.1 Å². The fourth-order valence-corrected chi connectivity index (χ4v) is 8.32. The Kier molecular flexibility index (Phi) is 7.76. The Bertz CT molecular complexity index is 3320. The van der Waals surface area contributed by atoms with Gasteiger partial charge in [0, 0.05) is 49.6 Å². The van der Waals surface area contributed by atoms with Crippen molar-refractivity contribution in [2.45, 2.75) is 0 Å². The summed E-state index contributed by atoms with van der Waals surface area (Å²) in [7, 11) is 0. The number of benzene rings is 8. The first-order chi connectivity index (χ1) is 28.7. The van der Waals surface area contributed by atoms with Crippen molar-refractivity contribution in [3.8, 4) is 62.7 Å². The van der Waals surface area contributed by atoms with Gasteiger partial charge in [-0.3, -0.25) is 0 Å². The molecule has 0 N–H and O–H groups in total. The Morgan fingerprint density at radius 2 is 0.793 bits per heavy atom. The van der Waals surface area contributed by atoms with Crippen molar-refractivity contribution < 1.29 is 0 Å². The van der Waals surface area contributed by atoms with E-state index in [4.69, 9.17) is 15.0 Å². The molecular formula is C52H32N6. The van der Waals surface area contributed by atoms with Crippen LogP contribution in [-0.2, 0) is 0 Å². The van der Waals surface area contributed by atoms with E-state index in [9.17, 15) is 5.26 Å². The fraction of sp³-hybridized carbons (Fsp3) is 0. The maximum Gasteiger partial charge on any atom is 0.164 e. The Hall–Kier alpha value is -8.14. The molecule has 0 radical (unpaired) electrons. The van der Waals surface area contributed by atoms with Gasteiger partial charge >= 0.3 is 0 Å². The van der Waals surface area contributed by atoms with Gasteiger partial charge in [0.15, 0.2) is 17.5 Å². The van der Waals surface area contributed by atoms with Gasteiger partial charge in [0.1, 0.15) is 0 Å². The molecule has 0 atom stereocenters. The molecule has 3 heterocycles. The van der Waals surface area contributed by atoms with Crippen LogP contribution in [0.5, 0.6) is 0 Å². The van der Waals surface area contributed by atoms with Crippen molar-refractivity contribution in [3.05, 3.63) is 200 Å². The van der Waals surface area contributed by atoms with Gasteiger partial charge in [0.25, 0.3) is 0 Å². The topological polar surface area (TPSA) is 72.3 Å². The van der Waals surface area contributed by atoms with Crippen molar-refractivity contribution in [2.75, 3.05) is 0 Å². The second-order valence-corrected chi connectivity index (χ2v) is 14.4. The number of fused-ring (bicyclic) bond motifs is 6. The molecule has 58 heavy (non-hydrogen) atoms. The molecule has 270 valence electrons. The van der Waals surface area contributed by atoms with Crippen molar-refractivity contribution in [1.82, 2.24) is 24.1 Å². The summed E-state index contributed by atoms with van der Waals surface area (Å²) in [6, 6.07) is 69.2. The molecule has 0 aliphatic heterocycles. The molecule has 0 aliphatic rings. The van der Waals surface area contributed by atoms with Crippen molar-refractivity contribution >= 4 is 43.6 Å². The van der Waals surface area contributed by atoms with E-state index >= 15 is 0 Å². The van der Waals surface area contributed by atoms with E-state index in [1.54, 1.807) is 0 Å². The zero-order valence-electron chi connectivity index (χ0n) is 31.2. The number of hydrogen-bond donors (Lipinski definition) is 0. The van der Waals surface area contributed by atoms with E-state index < -0.39 is 0 Å². The lowest BCUT2D eigenvalue weighted by Crippen LogP contribution is -2.00. The van der Waals surface area contributed by atoms with Gasteiger partial charge < -0.3 is 9.13 Å². The molecule has 0 saturated heterocycles. The molecule has 11 rings (SSSR count). The number of para-hydroxylation sites is 3. The molecule has 0 unspecified atom stereocenters. The second kappa shape index (κ2) is 13.6. The van der Waals surface area contributed by atoms with Gasteiger partial charge in [-0.05, 0) is 71.8 Å². The van der Waals surface area contributed by atoms with E-state index in [-0.39, 0.29) is 0 Å². The summed E-state index contributed by atoms with van der Waals surface area (Å²) in [5.74, 6) is 1.66. The molecule has 0 spiro atoms. The highest BCUT2D eigenvalue weighted by atomic mass is 15.0. The van der Waals surface area contributed by atoms with Crippen molar-refractivity contribution in [2.24, 2.45) is 0 Å². The number of nitriles is 1. The van der Waals surface area contributed by atoms with Gasteiger partial charge in [-0.15, -0.1) is 0 Å². The molecule has 0 fully saturated rings. The van der Waals surface area contributed by atoms with Gasteiger partial charge in [-0.25, -0.2) is 15.0 Å². The molecule has 0 bridgehead atoms. The minimum Gasteiger partial charge on any atom is -0.309 e. The molecular weight excluding hydrogens is 709 g/mol.